The normalized spacial score (nSPS) is 20.1. The fourth-order valence-corrected chi connectivity index (χ4v) is 3.04. The van der Waals surface area contributed by atoms with E-state index in [0.717, 1.165) is 31.1 Å². The van der Waals surface area contributed by atoms with Gasteiger partial charge in [-0.1, -0.05) is 18.5 Å². The second-order valence-corrected chi connectivity index (χ2v) is 6.92. The molecule has 1 aliphatic heterocycles. The van der Waals surface area contributed by atoms with Gasteiger partial charge in [0.2, 0.25) is 0 Å². The quantitative estimate of drug-likeness (QED) is 0.865. The Hall–Kier alpha value is -1.26. The van der Waals surface area contributed by atoms with Crippen LogP contribution in [0.1, 0.15) is 32.3 Å². The highest BCUT2D eigenvalue weighted by Crippen LogP contribution is 2.21. The lowest BCUT2D eigenvalue weighted by Gasteiger charge is -2.30. The fraction of sp³-hybridized carbons (Fsp3) is 0.611. The summed E-state index contributed by atoms with van der Waals surface area (Å²) < 4.78 is 5.69. The second kappa shape index (κ2) is 8.55. The molecule has 4 nitrogen and oxygen atoms in total. The van der Waals surface area contributed by atoms with Gasteiger partial charge < -0.3 is 15.0 Å². The predicted molar refractivity (Wildman–Crippen MR) is 94.1 cm³/mol. The Labute approximate surface area is 144 Å². The minimum Gasteiger partial charge on any atom is -0.481 e. The van der Waals surface area contributed by atoms with E-state index in [0.29, 0.717) is 17.3 Å². The molecule has 1 N–H and O–H groups in total. The molecule has 0 aromatic heterocycles. The largest absolute Gasteiger partial charge is 0.481 e. The van der Waals surface area contributed by atoms with Crippen molar-refractivity contribution in [1.29, 1.82) is 0 Å². The number of hydrogen-bond donors (Lipinski definition) is 1. The fourth-order valence-electron chi connectivity index (χ4n) is 2.92. The molecule has 0 bridgehead atoms. The van der Waals surface area contributed by atoms with Crippen LogP contribution >= 0.6 is 11.6 Å². The molecule has 0 aliphatic carbocycles. The van der Waals surface area contributed by atoms with Gasteiger partial charge in [-0.05, 0) is 62.9 Å². The van der Waals surface area contributed by atoms with Crippen LogP contribution in [0.2, 0.25) is 5.02 Å². The summed E-state index contributed by atoms with van der Waals surface area (Å²) in [5.41, 5.74) is 0.941. The van der Waals surface area contributed by atoms with Crippen LogP contribution < -0.4 is 10.1 Å². The lowest BCUT2D eigenvalue weighted by Crippen LogP contribution is -2.43. The van der Waals surface area contributed by atoms with Crippen LogP contribution in [-0.4, -0.2) is 43.1 Å². The van der Waals surface area contributed by atoms with Gasteiger partial charge in [-0.3, -0.25) is 4.79 Å². The van der Waals surface area contributed by atoms with Crippen molar-refractivity contribution >= 4 is 17.5 Å². The van der Waals surface area contributed by atoms with Gasteiger partial charge in [0.1, 0.15) is 5.75 Å². The molecule has 1 aromatic rings. The summed E-state index contributed by atoms with van der Waals surface area (Å²) in [5, 5.41) is 3.66. The zero-order chi connectivity index (χ0) is 16.8. The highest BCUT2D eigenvalue weighted by molar-refractivity contribution is 6.31. The van der Waals surface area contributed by atoms with E-state index in [-0.39, 0.29) is 5.91 Å². The first-order chi connectivity index (χ1) is 11.0. The van der Waals surface area contributed by atoms with Crippen molar-refractivity contribution in [2.45, 2.75) is 39.7 Å². The number of hydrogen-bond acceptors (Lipinski definition) is 3. The number of likely N-dealkylation sites (tertiary alicyclic amines) is 1. The van der Waals surface area contributed by atoms with E-state index in [9.17, 15) is 4.79 Å². The van der Waals surface area contributed by atoms with Crippen molar-refractivity contribution in [3.63, 3.8) is 0 Å². The summed E-state index contributed by atoms with van der Waals surface area (Å²) in [6.45, 7) is 9.81. The molecule has 2 rings (SSSR count). The van der Waals surface area contributed by atoms with Gasteiger partial charge >= 0.3 is 0 Å². The maximum absolute atomic E-state index is 12.1. The molecule has 1 aromatic carbocycles. The molecule has 1 heterocycles. The van der Waals surface area contributed by atoms with Crippen molar-refractivity contribution in [3.05, 3.63) is 28.8 Å². The molecule has 5 heteroatoms. The number of halogens is 1. The average molecular weight is 339 g/mol. The van der Waals surface area contributed by atoms with Crippen LogP contribution in [0.25, 0.3) is 0 Å². The number of carbonyl (C=O) groups excluding carboxylic acids is 1. The maximum Gasteiger partial charge on any atom is 0.260 e. The molecule has 0 saturated carbocycles. The number of nitrogens with zero attached hydrogens (tertiary/aromatic N) is 1. The van der Waals surface area contributed by atoms with E-state index >= 15 is 0 Å². The third-order valence-electron chi connectivity index (χ3n) is 4.28. The van der Waals surface area contributed by atoms with Crippen molar-refractivity contribution in [1.82, 2.24) is 10.2 Å². The molecule has 2 unspecified atom stereocenters. The summed E-state index contributed by atoms with van der Waals surface area (Å²) in [4.78, 5) is 14.5. The summed E-state index contributed by atoms with van der Waals surface area (Å²) in [7, 11) is 0. The van der Waals surface area contributed by atoms with Crippen LogP contribution in [0.4, 0.5) is 0 Å². The first kappa shape index (κ1) is 18.1. The summed E-state index contributed by atoms with van der Waals surface area (Å²) in [6.07, 6.45) is 2.05. The highest BCUT2D eigenvalue weighted by atomic mass is 35.5. The van der Waals surface area contributed by atoms with Gasteiger partial charge in [-0.25, -0.2) is 0 Å². The summed E-state index contributed by atoms with van der Waals surface area (Å²) in [5.74, 6) is 1.34. The Morgan fingerprint density at radius 1 is 1.52 bits per heavy atom. The number of benzene rings is 1. The molecule has 0 spiro atoms. The van der Waals surface area contributed by atoms with Gasteiger partial charge in [0.15, 0.2) is 6.10 Å². The zero-order valence-corrected chi connectivity index (χ0v) is 15.0. The van der Waals surface area contributed by atoms with Crippen LogP contribution in [0, 0.1) is 12.8 Å². The topological polar surface area (TPSA) is 41.6 Å². The van der Waals surface area contributed by atoms with Gasteiger partial charge in [-0.2, -0.15) is 0 Å². The third-order valence-corrected chi connectivity index (χ3v) is 4.70. The maximum atomic E-state index is 12.1. The molecule has 1 saturated heterocycles. The number of amides is 1. The van der Waals surface area contributed by atoms with Gasteiger partial charge in [0.25, 0.3) is 5.91 Å². The number of ether oxygens (including phenoxy) is 1. The SMILES string of the molecule is Cc1cc(OC(C)C(=O)NCCN2CCCC(C)C2)ccc1Cl. The minimum atomic E-state index is -0.518. The first-order valence-corrected chi connectivity index (χ1v) is 8.76. The summed E-state index contributed by atoms with van der Waals surface area (Å²) >= 11 is 5.99. The number of nitrogens with one attached hydrogen (secondary N) is 1. The molecule has 0 radical (unpaired) electrons. The van der Waals surface area contributed by atoms with E-state index in [1.807, 2.05) is 13.0 Å². The Bertz CT molecular complexity index is 536. The molecular formula is C18H27ClN2O2. The Morgan fingerprint density at radius 3 is 3.00 bits per heavy atom. The lowest BCUT2D eigenvalue weighted by molar-refractivity contribution is -0.127. The van der Waals surface area contributed by atoms with Gasteiger partial charge in [0.05, 0.1) is 0 Å². The van der Waals surface area contributed by atoms with Crippen LogP contribution in [0.15, 0.2) is 18.2 Å². The van der Waals surface area contributed by atoms with Crippen LogP contribution in [0.5, 0.6) is 5.75 Å². The molecular weight excluding hydrogens is 312 g/mol. The Kier molecular flexibility index (Phi) is 6.72. The number of carbonyl (C=O) groups is 1. The standard InChI is InChI=1S/C18H27ClN2O2/c1-13-5-4-9-21(12-13)10-8-20-18(22)15(3)23-16-6-7-17(19)14(2)11-16/h6-7,11,13,15H,4-5,8-10,12H2,1-3H3,(H,20,22). The van der Waals surface area contributed by atoms with Crippen LogP contribution in [-0.2, 0) is 4.79 Å². The predicted octanol–water partition coefficient (Wildman–Crippen LogP) is 3.26. The second-order valence-electron chi connectivity index (χ2n) is 6.51. The first-order valence-electron chi connectivity index (χ1n) is 8.38. The number of piperidine rings is 1. The van der Waals surface area contributed by atoms with Crippen molar-refractivity contribution < 1.29 is 9.53 Å². The average Bonchev–Trinajstić information content (AvgIpc) is 2.51. The number of rotatable bonds is 6. The van der Waals surface area contributed by atoms with E-state index in [1.54, 1.807) is 19.1 Å². The highest BCUT2D eigenvalue weighted by Gasteiger charge is 2.18. The smallest absolute Gasteiger partial charge is 0.260 e. The molecule has 1 fully saturated rings. The monoisotopic (exact) mass is 338 g/mol. The van der Waals surface area contributed by atoms with Crippen molar-refractivity contribution in [3.8, 4) is 5.75 Å². The molecule has 2 atom stereocenters. The van der Waals surface area contributed by atoms with Gasteiger partial charge in [0, 0.05) is 24.7 Å². The molecule has 1 aliphatic rings. The lowest BCUT2D eigenvalue weighted by atomic mass is 10.0. The molecule has 128 valence electrons. The summed E-state index contributed by atoms with van der Waals surface area (Å²) in [6, 6.07) is 5.42. The van der Waals surface area contributed by atoms with Gasteiger partial charge in [-0.15, -0.1) is 0 Å². The Morgan fingerprint density at radius 2 is 2.30 bits per heavy atom. The third kappa shape index (κ3) is 5.70. The zero-order valence-electron chi connectivity index (χ0n) is 14.3. The Balaban J connectivity index is 1.73. The van der Waals surface area contributed by atoms with E-state index in [2.05, 4.69) is 17.1 Å². The van der Waals surface area contributed by atoms with Crippen molar-refractivity contribution in [2.24, 2.45) is 5.92 Å². The molecule has 23 heavy (non-hydrogen) atoms. The minimum absolute atomic E-state index is 0.0809. The van der Waals surface area contributed by atoms with E-state index in [1.165, 1.54) is 12.8 Å². The van der Waals surface area contributed by atoms with Crippen molar-refractivity contribution in [2.75, 3.05) is 26.2 Å². The molecule has 1 amide bonds. The van der Waals surface area contributed by atoms with Crippen LogP contribution in [0.3, 0.4) is 0 Å². The van der Waals surface area contributed by atoms with E-state index < -0.39 is 6.10 Å². The number of aryl methyl sites for hydroxylation is 1. The van der Waals surface area contributed by atoms with E-state index in [4.69, 9.17) is 16.3 Å².